The van der Waals surface area contributed by atoms with Crippen LogP contribution < -0.4 is 15.4 Å². The van der Waals surface area contributed by atoms with Crippen molar-refractivity contribution in [1.82, 2.24) is 10.6 Å². The molecule has 8 heteroatoms. The van der Waals surface area contributed by atoms with Crippen LogP contribution in [0.3, 0.4) is 0 Å². The molecule has 2 aromatic rings. The molecule has 148 valence electrons. The van der Waals surface area contributed by atoms with Gasteiger partial charge >= 0.3 is 5.97 Å². The van der Waals surface area contributed by atoms with E-state index in [0.717, 1.165) is 5.56 Å². The lowest BCUT2D eigenvalue weighted by molar-refractivity contribution is -0.147. The third-order valence-corrected chi connectivity index (χ3v) is 3.80. The first-order chi connectivity index (χ1) is 13.5. The van der Waals surface area contributed by atoms with E-state index in [0.29, 0.717) is 22.9 Å². The largest absolute Gasteiger partial charge is 0.493 e. The van der Waals surface area contributed by atoms with Gasteiger partial charge in [0.25, 0.3) is 11.8 Å². The summed E-state index contributed by atoms with van der Waals surface area (Å²) in [5.74, 6) is -1.22. The molecule has 0 fully saturated rings. The normalized spacial score (nSPS) is 10.1. The van der Waals surface area contributed by atoms with Gasteiger partial charge in [-0.05, 0) is 36.8 Å². The Labute approximate surface area is 168 Å². The van der Waals surface area contributed by atoms with E-state index in [9.17, 15) is 14.4 Å². The maximum atomic E-state index is 12.2. The Morgan fingerprint density at radius 2 is 1.82 bits per heavy atom. The van der Waals surface area contributed by atoms with E-state index in [-0.39, 0.29) is 13.1 Å². The lowest BCUT2D eigenvalue weighted by atomic mass is 10.2. The summed E-state index contributed by atoms with van der Waals surface area (Å²) in [6.07, 6.45) is 0. The van der Waals surface area contributed by atoms with Crippen LogP contribution in [0.2, 0.25) is 5.02 Å². The maximum Gasteiger partial charge on any atom is 0.325 e. The zero-order valence-electron chi connectivity index (χ0n) is 15.4. The van der Waals surface area contributed by atoms with Crippen molar-refractivity contribution in [3.8, 4) is 5.75 Å². The monoisotopic (exact) mass is 404 g/mol. The predicted molar refractivity (Wildman–Crippen MR) is 104 cm³/mol. The second kappa shape index (κ2) is 10.9. The van der Waals surface area contributed by atoms with Crippen LogP contribution in [0.5, 0.6) is 5.75 Å². The number of hydrogen-bond acceptors (Lipinski definition) is 5. The molecule has 0 radical (unpaired) electrons. The molecule has 0 aliphatic heterocycles. The van der Waals surface area contributed by atoms with Gasteiger partial charge in [-0.2, -0.15) is 0 Å². The summed E-state index contributed by atoms with van der Waals surface area (Å²) < 4.78 is 10.2. The molecule has 0 saturated carbocycles. The summed E-state index contributed by atoms with van der Waals surface area (Å²) in [4.78, 5) is 35.7. The van der Waals surface area contributed by atoms with Gasteiger partial charge in [-0.25, -0.2) is 0 Å². The number of ether oxygens (including phenoxy) is 2. The van der Waals surface area contributed by atoms with E-state index in [1.54, 1.807) is 42.5 Å². The van der Waals surface area contributed by atoms with Gasteiger partial charge in [-0.15, -0.1) is 0 Å². The zero-order chi connectivity index (χ0) is 20.4. The van der Waals surface area contributed by atoms with Crippen molar-refractivity contribution < 1.29 is 23.9 Å². The predicted octanol–water partition coefficient (Wildman–Crippen LogP) is 2.33. The number of benzene rings is 2. The number of nitrogens with one attached hydrogen (secondary N) is 2. The highest BCUT2D eigenvalue weighted by atomic mass is 35.5. The molecule has 0 aliphatic carbocycles. The number of rotatable bonds is 9. The number of amides is 2. The average Bonchev–Trinajstić information content (AvgIpc) is 2.69. The van der Waals surface area contributed by atoms with E-state index in [2.05, 4.69) is 10.6 Å². The van der Waals surface area contributed by atoms with Crippen LogP contribution in [0.15, 0.2) is 48.5 Å². The van der Waals surface area contributed by atoms with E-state index in [4.69, 9.17) is 21.1 Å². The molecule has 7 nitrogen and oxygen atoms in total. The fourth-order valence-corrected chi connectivity index (χ4v) is 2.49. The van der Waals surface area contributed by atoms with Gasteiger partial charge in [0, 0.05) is 11.6 Å². The first-order valence-corrected chi connectivity index (χ1v) is 9.04. The Kier molecular flexibility index (Phi) is 8.30. The topological polar surface area (TPSA) is 93.7 Å². The molecular formula is C20H21ClN2O5. The molecule has 0 aliphatic rings. The van der Waals surface area contributed by atoms with Gasteiger partial charge in [0.05, 0.1) is 12.2 Å². The third-order valence-electron chi connectivity index (χ3n) is 3.57. The lowest BCUT2D eigenvalue weighted by Gasteiger charge is -2.10. The second-order valence-electron chi connectivity index (χ2n) is 5.68. The second-order valence-corrected chi connectivity index (χ2v) is 6.12. The lowest BCUT2D eigenvalue weighted by Crippen LogP contribution is -2.34. The minimum absolute atomic E-state index is 0.266. The molecule has 28 heavy (non-hydrogen) atoms. The zero-order valence-corrected chi connectivity index (χ0v) is 16.1. The van der Waals surface area contributed by atoms with Crippen molar-refractivity contribution in [2.45, 2.75) is 13.5 Å². The summed E-state index contributed by atoms with van der Waals surface area (Å²) in [5, 5.41) is 5.63. The fraction of sp³-hybridized carbons (Fsp3) is 0.250. The van der Waals surface area contributed by atoms with Crippen LogP contribution in [0.4, 0.5) is 0 Å². The van der Waals surface area contributed by atoms with Gasteiger partial charge in [0.1, 0.15) is 12.3 Å². The molecule has 0 saturated heterocycles. The van der Waals surface area contributed by atoms with Crippen molar-refractivity contribution >= 4 is 29.4 Å². The molecule has 2 aromatic carbocycles. The summed E-state index contributed by atoms with van der Waals surface area (Å²) in [7, 11) is 0. The Hall–Kier alpha value is -3.06. The third kappa shape index (κ3) is 6.92. The maximum absolute atomic E-state index is 12.2. The molecule has 0 unspecified atom stereocenters. The van der Waals surface area contributed by atoms with Crippen LogP contribution >= 0.6 is 11.6 Å². The van der Waals surface area contributed by atoms with Crippen LogP contribution in [0, 0.1) is 0 Å². The van der Waals surface area contributed by atoms with Gasteiger partial charge < -0.3 is 20.1 Å². The first kappa shape index (κ1) is 21.2. The summed E-state index contributed by atoms with van der Waals surface area (Å²) in [6, 6.07) is 13.7. The molecule has 0 heterocycles. The molecule has 0 aromatic heterocycles. The van der Waals surface area contributed by atoms with Crippen molar-refractivity contribution in [3.63, 3.8) is 0 Å². The van der Waals surface area contributed by atoms with Crippen molar-refractivity contribution in [1.29, 1.82) is 0 Å². The number of esters is 1. The molecule has 0 spiro atoms. The smallest absolute Gasteiger partial charge is 0.325 e. The van der Waals surface area contributed by atoms with Gasteiger partial charge in [0.2, 0.25) is 0 Å². The Morgan fingerprint density at radius 3 is 2.57 bits per heavy atom. The number of carbonyl (C=O) groups excluding carboxylic acids is 3. The standard InChI is InChI=1S/C20H21ClN2O5/c1-2-27-17-9-4-3-8-16(17)20(26)23-12-19(25)28-13-18(24)22-11-14-6-5-7-15(21)10-14/h3-10H,2,11-13H2,1H3,(H,22,24)(H,23,26). The number of hydrogen-bond donors (Lipinski definition) is 2. The summed E-state index contributed by atoms with van der Waals surface area (Å²) in [5.41, 5.74) is 1.14. The van der Waals surface area contributed by atoms with Gasteiger partial charge in [0.15, 0.2) is 6.61 Å². The molecule has 0 atom stereocenters. The summed E-state index contributed by atoms with van der Waals surface area (Å²) >= 11 is 5.87. The highest BCUT2D eigenvalue weighted by Gasteiger charge is 2.14. The highest BCUT2D eigenvalue weighted by molar-refractivity contribution is 6.30. The molecule has 2 amide bonds. The van der Waals surface area contributed by atoms with Crippen molar-refractivity contribution in [2.75, 3.05) is 19.8 Å². The number of para-hydroxylation sites is 1. The number of carbonyl (C=O) groups is 3. The van der Waals surface area contributed by atoms with E-state index < -0.39 is 24.4 Å². The molecular weight excluding hydrogens is 384 g/mol. The minimum Gasteiger partial charge on any atom is -0.493 e. The highest BCUT2D eigenvalue weighted by Crippen LogP contribution is 2.17. The SMILES string of the molecule is CCOc1ccccc1C(=O)NCC(=O)OCC(=O)NCc1cccc(Cl)c1. The molecule has 0 bridgehead atoms. The van der Waals surface area contributed by atoms with Crippen LogP contribution in [-0.2, 0) is 20.9 Å². The quantitative estimate of drug-likeness (QED) is 0.625. The Bertz CT molecular complexity index is 841. The van der Waals surface area contributed by atoms with Crippen LogP contribution in [-0.4, -0.2) is 37.5 Å². The first-order valence-electron chi connectivity index (χ1n) is 8.66. The molecule has 2 N–H and O–H groups in total. The van der Waals surface area contributed by atoms with Gasteiger partial charge in [-0.3, -0.25) is 14.4 Å². The van der Waals surface area contributed by atoms with E-state index in [1.807, 2.05) is 13.0 Å². The van der Waals surface area contributed by atoms with Crippen molar-refractivity contribution in [3.05, 3.63) is 64.7 Å². The fourth-order valence-electron chi connectivity index (χ4n) is 2.28. The van der Waals surface area contributed by atoms with E-state index in [1.165, 1.54) is 0 Å². The minimum atomic E-state index is -0.722. The summed E-state index contributed by atoms with van der Waals surface area (Å²) in [6.45, 7) is 1.69. The Balaban J connectivity index is 1.72. The van der Waals surface area contributed by atoms with Gasteiger partial charge in [-0.1, -0.05) is 35.9 Å². The van der Waals surface area contributed by atoms with Crippen molar-refractivity contribution in [2.24, 2.45) is 0 Å². The van der Waals surface area contributed by atoms with Crippen LogP contribution in [0.25, 0.3) is 0 Å². The van der Waals surface area contributed by atoms with E-state index >= 15 is 0 Å². The Morgan fingerprint density at radius 1 is 1.04 bits per heavy atom. The molecule has 2 rings (SSSR count). The average molecular weight is 405 g/mol. The number of halogens is 1. The van der Waals surface area contributed by atoms with Crippen LogP contribution in [0.1, 0.15) is 22.8 Å².